The quantitative estimate of drug-likeness (QED) is 0.412. The second-order valence-electron chi connectivity index (χ2n) is 12.3. The van der Waals surface area contributed by atoms with Gasteiger partial charge in [-0.15, -0.1) is 0 Å². The Bertz CT molecular complexity index is 1060. The monoisotopic (exact) mass is 702 g/mol. The van der Waals surface area contributed by atoms with Crippen LogP contribution >= 0.6 is 0 Å². The van der Waals surface area contributed by atoms with Gasteiger partial charge in [0.05, 0.1) is 0 Å². The Labute approximate surface area is 258 Å². The predicted octanol–water partition coefficient (Wildman–Crippen LogP) is 4.22. The molecule has 0 saturated heterocycles. The standard InChI is InChI=1S/2C17H22.2ClH.Hf/c2*1-12-10-15(11-13(12)2)14-6-8-16(9-7-14)17(3,4)5;;;/h2*6-10H,11H2,1-5H3;2*1H;/p-2. The fraction of sp³-hybridized carbons (Fsp3) is 0.412. The Morgan fingerprint density at radius 3 is 0.946 bits per heavy atom. The molecule has 37 heavy (non-hydrogen) atoms. The zero-order valence-electron chi connectivity index (χ0n) is 24.4. The van der Waals surface area contributed by atoms with Gasteiger partial charge in [0.25, 0.3) is 0 Å². The average molecular weight is 702 g/mol. The van der Waals surface area contributed by atoms with Crippen LogP contribution in [0.2, 0.25) is 0 Å². The summed E-state index contributed by atoms with van der Waals surface area (Å²) in [5.41, 5.74) is 14.8. The summed E-state index contributed by atoms with van der Waals surface area (Å²) in [5, 5.41) is 0. The molecule has 0 atom stereocenters. The van der Waals surface area contributed by atoms with Crippen molar-refractivity contribution in [3.63, 3.8) is 0 Å². The number of hydrogen-bond acceptors (Lipinski definition) is 0. The minimum Gasteiger partial charge on any atom is -1.00 e. The maximum atomic E-state index is 2.32. The minimum atomic E-state index is 0. The Kier molecular flexibility index (Phi) is 13.9. The molecule has 2 aromatic rings. The van der Waals surface area contributed by atoms with Crippen molar-refractivity contribution >= 4 is 11.1 Å². The predicted molar refractivity (Wildman–Crippen MR) is 152 cm³/mol. The summed E-state index contributed by atoms with van der Waals surface area (Å²) in [6.45, 7) is 22.4. The van der Waals surface area contributed by atoms with Crippen LogP contribution in [0, 0.1) is 0 Å². The number of benzene rings is 2. The van der Waals surface area contributed by atoms with E-state index in [0.717, 1.165) is 12.8 Å². The molecule has 2 aliphatic rings. The van der Waals surface area contributed by atoms with Crippen LogP contribution in [0.15, 0.2) is 83.0 Å². The largest absolute Gasteiger partial charge is 1.00 e. The normalized spacial score (nSPS) is 15.1. The molecule has 2 aliphatic carbocycles. The van der Waals surface area contributed by atoms with Crippen LogP contribution < -0.4 is 24.8 Å². The molecule has 3 heteroatoms. The van der Waals surface area contributed by atoms with Crippen molar-refractivity contribution in [2.75, 3.05) is 0 Å². The molecule has 0 bridgehead atoms. The summed E-state index contributed by atoms with van der Waals surface area (Å²) >= 11 is 0. The van der Waals surface area contributed by atoms with Gasteiger partial charge >= 0.3 is 0 Å². The molecule has 0 saturated carbocycles. The van der Waals surface area contributed by atoms with E-state index in [2.05, 4.69) is 130 Å². The number of allylic oxidation sites excluding steroid dienone is 8. The van der Waals surface area contributed by atoms with Gasteiger partial charge in [0.15, 0.2) is 0 Å². The van der Waals surface area contributed by atoms with E-state index < -0.39 is 0 Å². The fourth-order valence-corrected chi connectivity index (χ4v) is 4.46. The zero-order valence-corrected chi connectivity index (χ0v) is 29.5. The Balaban J connectivity index is 0.000000648. The zero-order chi connectivity index (χ0) is 25.3. The molecule has 0 spiro atoms. The summed E-state index contributed by atoms with van der Waals surface area (Å²) in [4.78, 5) is 0. The molecule has 0 heterocycles. The second-order valence-corrected chi connectivity index (χ2v) is 12.3. The first-order chi connectivity index (χ1) is 15.8. The van der Waals surface area contributed by atoms with Crippen LogP contribution in [0.5, 0.6) is 0 Å². The van der Waals surface area contributed by atoms with Crippen LogP contribution in [-0.4, -0.2) is 0 Å². The maximum Gasteiger partial charge on any atom is 0 e. The fourth-order valence-electron chi connectivity index (χ4n) is 4.46. The SMILES string of the molecule is CC1=C(C)CC(c2ccc(C(C)(C)C)cc2)=C1.CC1=C(C)CC(c2ccc(C(C)(C)C)cc2)=C1.[Cl-].[Cl-].[Hf]. The molecule has 0 aliphatic heterocycles. The summed E-state index contributed by atoms with van der Waals surface area (Å²) in [6, 6.07) is 18.1. The summed E-state index contributed by atoms with van der Waals surface area (Å²) in [5.74, 6) is 0. The molecule has 0 fully saturated rings. The van der Waals surface area contributed by atoms with Crippen molar-refractivity contribution in [1.82, 2.24) is 0 Å². The van der Waals surface area contributed by atoms with E-state index in [0.29, 0.717) is 0 Å². The van der Waals surface area contributed by atoms with E-state index in [1.165, 1.54) is 55.7 Å². The number of halogens is 2. The van der Waals surface area contributed by atoms with Crippen LogP contribution in [0.3, 0.4) is 0 Å². The average Bonchev–Trinajstić information content (AvgIpc) is 3.28. The van der Waals surface area contributed by atoms with Crippen molar-refractivity contribution in [1.29, 1.82) is 0 Å². The molecule has 0 radical (unpaired) electrons. The van der Waals surface area contributed by atoms with Crippen LogP contribution in [0.25, 0.3) is 11.1 Å². The van der Waals surface area contributed by atoms with Gasteiger partial charge < -0.3 is 24.8 Å². The van der Waals surface area contributed by atoms with Gasteiger partial charge in [0.2, 0.25) is 0 Å². The third-order valence-electron chi connectivity index (χ3n) is 7.28. The van der Waals surface area contributed by atoms with Crippen molar-refractivity contribution in [2.45, 2.75) is 92.9 Å². The van der Waals surface area contributed by atoms with E-state index in [-0.39, 0.29) is 61.5 Å². The van der Waals surface area contributed by atoms with Gasteiger partial charge in [-0.05, 0) is 84.8 Å². The third kappa shape index (κ3) is 9.52. The molecule has 0 N–H and O–H groups in total. The van der Waals surface area contributed by atoms with E-state index in [1.807, 2.05) is 0 Å². The Morgan fingerprint density at radius 2 is 0.757 bits per heavy atom. The van der Waals surface area contributed by atoms with E-state index in [9.17, 15) is 0 Å². The molecule has 0 amide bonds. The Hall–Kier alpha value is -1.15. The third-order valence-corrected chi connectivity index (χ3v) is 7.28. The second kappa shape index (κ2) is 14.3. The molecular formula is C34H44Cl2Hf-2. The topological polar surface area (TPSA) is 0 Å². The van der Waals surface area contributed by atoms with Crippen LogP contribution in [-0.2, 0) is 36.7 Å². The van der Waals surface area contributed by atoms with Gasteiger partial charge in [-0.25, -0.2) is 0 Å². The van der Waals surface area contributed by atoms with Crippen molar-refractivity contribution < 1.29 is 50.7 Å². The number of hydrogen-bond donors (Lipinski definition) is 0. The smallest absolute Gasteiger partial charge is 0 e. The Morgan fingerprint density at radius 1 is 0.486 bits per heavy atom. The summed E-state index contributed by atoms with van der Waals surface area (Å²) in [6.07, 6.45) is 6.87. The molecule has 200 valence electrons. The minimum absolute atomic E-state index is 0. The molecule has 0 aromatic heterocycles. The summed E-state index contributed by atoms with van der Waals surface area (Å²) < 4.78 is 0. The maximum absolute atomic E-state index is 2.32. The molecule has 0 unspecified atom stereocenters. The first-order valence-corrected chi connectivity index (χ1v) is 12.7. The molecule has 0 nitrogen and oxygen atoms in total. The van der Waals surface area contributed by atoms with Gasteiger partial charge in [-0.2, -0.15) is 0 Å². The van der Waals surface area contributed by atoms with Crippen molar-refractivity contribution in [3.8, 4) is 0 Å². The van der Waals surface area contributed by atoms with Gasteiger partial charge in [-0.3, -0.25) is 0 Å². The van der Waals surface area contributed by atoms with Crippen LogP contribution in [0.1, 0.15) is 104 Å². The van der Waals surface area contributed by atoms with E-state index in [1.54, 1.807) is 0 Å². The molecule has 4 rings (SSSR count). The van der Waals surface area contributed by atoms with E-state index >= 15 is 0 Å². The first kappa shape index (κ1) is 35.9. The van der Waals surface area contributed by atoms with Crippen molar-refractivity contribution in [2.24, 2.45) is 0 Å². The van der Waals surface area contributed by atoms with Crippen molar-refractivity contribution in [3.05, 3.63) is 105 Å². The number of rotatable bonds is 2. The van der Waals surface area contributed by atoms with Crippen LogP contribution in [0.4, 0.5) is 0 Å². The summed E-state index contributed by atoms with van der Waals surface area (Å²) in [7, 11) is 0. The van der Waals surface area contributed by atoms with Gasteiger partial charge in [-0.1, -0.05) is 125 Å². The van der Waals surface area contributed by atoms with Gasteiger partial charge in [0.1, 0.15) is 0 Å². The molecular weight excluding hydrogens is 658 g/mol. The molecule has 2 aromatic carbocycles. The first-order valence-electron chi connectivity index (χ1n) is 12.7. The van der Waals surface area contributed by atoms with Gasteiger partial charge in [0, 0.05) is 25.8 Å². The van der Waals surface area contributed by atoms with E-state index in [4.69, 9.17) is 0 Å².